The summed E-state index contributed by atoms with van der Waals surface area (Å²) >= 11 is 7.82. The van der Waals surface area contributed by atoms with Crippen LogP contribution in [0.4, 0.5) is 5.69 Å². The Morgan fingerprint density at radius 1 is 1.61 bits per heavy atom. The average Bonchev–Trinajstić information content (AvgIpc) is 2.39. The van der Waals surface area contributed by atoms with Crippen LogP contribution < -0.4 is 10.9 Å². The van der Waals surface area contributed by atoms with E-state index in [-0.39, 0.29) is 10.6 Å². The number of nitrogens with one attached hydrogen (secondary N) is 1. The largest absolute Gasteiger partial charge is 0.381 e. The molecule has 0 saturated heterocycles. The molecule has 18 heavy (non-hydrogen) atoms. The second kappa shape index (κ2) is 7.69. The van der Waals surface area contributed by atoms with Crippen LogP contribution in [0.2, 0.25) is 5.02 Å². The Kier molecular flexibility index (Phi) is 6.57. The molecule has 0 bridgehead atoms. The lowest BCUT2D eigenvalue weighted by Gasteiger charge is -2.12. The second-order valence-electron chi connectivity index (χ2n) is 4.18. The van der Waals surface area contributed by atoms with Crippen LogP contribution in [-0.2, 0) is 6.54 Å². The molecule has 6 heteroatoms. The van der Waals surface area contributed by atoms with Crippen molar-refractivity contribution in [3.63, 3.8) is 0 Å². The molecule has 0 spiro atoms. The Morgan fingerprint density at radius 3 is 2.94 bits per heavy atom. The number of aromatic nitrogens is 2. The predicted molar refractivity (Wildman–Crippen MR) is 79.9 cm³/mol. The highest BCUT2D eigenvalue weighted by molar-refractivity contribution is 7.99. The highest BCUT2D eigenvalue weighted by atomic mass is 35.5. The van der Waals surface area contributed by atoms with E-state index in [2.05, 4.69) is 30.5 Å². The van der Waals surface area contributed by atoms with Gasteiger partial charge < -0.3 is 5.32 Å². The monoisotopic (exact) mass is 289 g/mol. The first-order chi connectivity index (χ1) is 8.60. The average molecular weight is 290 g/mol. The van der Waals surface area contributed by atoms with Gasteiger partial charge in [0.05, 0.1) is 11.9 Å². The van der Waals surface area contributed by atoms with Crippen molar-refractivity contribution in [1.29, 1.82) is 0 Å². The van der Waals surface area contributed by atoms with Gasteiger partial charge >= 0.3 is 0 Å². The van der Waals surface area contributed by atoms with Crippen LogP contribution in [0.5, 0.6) is 0 Å². The number of aryl methyl sites for hydroxylation is 1. The summed E-state index contributed by atoms with van der Waals surface area (Å²) < 4.78 is 1.43. The van der Waals surface area contributed by atoms with Crippen LogP contribution in [0.1, 0.15) is 26.7 Å². The molecule has 0 aromatic carbocycles. The van der Waals surface area contributed by atoms with E-state index in [0.717, 1.165) is 19.4 Å². The molecule has 4 nitrogen and oxygen atoms in total. The zero-order valence-electron chi connectivity index (χ0n) is 11.1. The fraction of sp³-hybridized carbons (Fsp3) is 0.667. The molecule has 0 saturated carbocycles. The molecule has 0 aliphatic heterocycles. The van der Waals surface area contributed by atoms with Gasteiger partial charge in [0.25, 0.3) is 5.56 Å². The number of anilines is 1. The van der Waals surface area contributed by atoms with Gasteiger partial charge in [0.2, 0.25) is 0 Å². The lowest BCUT2D eigenvalue weighted by molar-refractivity contribution is 0.543. The summed E-state index contributed by atoms with van der Waals surface area (Å²) in [5.41, 5.74) is 0.405. The van der Waals surface area contributed by atoms with Gasteiger partial charge in [0.1, 0.15) is 5.02 Å². The molecule has 1 heterocycles. The van der Waals surface area contributed by atoms with Crippen LogP contribution in [0.25, 0.3) is 0 Å². The number of rotatable bonds is 7. The summed E-state index contributed by atoms with van der Waals surface area (Å²) in [5.74, 6) is 0. The van der Waals surface area contributed by atoms with Gasteiger partial charge in [-0.3, -0.25) is 4.79 Å². The molecule has 102 valence electrons. The maximum atomic E-state index is 11.9. The van der Waals surface area contributed by atoms with Crippen molar-refractivity contribution in [2.24, 2.45) is 0 Å². The zero-order valence-corrected chi connectivity index (χ0v) is 12.6. The summed E-state index contributed by atoms with van der Waals surface area (Å²) in [4.78, 5) is 11.9. The van der Waals surface area contributed by atoms with Crippen molar-refractivity contribution < 1.29 is 0 Å². The lowest BCUT2D eigenvalue weighted by Crippen LogP contribution is -2.25. The molecule has 0 radical (unpaired) electrons. The van der Waals surface area contributed by atoms with Crippen LogP contribution >= 0.6 is 23.4 Å². The molecule has 0 fully saturated rings. The highest BCUT2D eigenvalue weighted by Gasteiger charge is 2.09. The first-order valence-electron chi connectivity index (χ1n) is 6.12. The van der Waals surface area contributed by atoms with Gasteiger partial charge in [-0.1, -0.05) is 31.9 Å². The van der Waals surface area contributed by atoms with Crippen LogP contribution in [0, 0.1) is 0 Å². The van der Waals surface area contributed by atoms with Crippen molar-refractivity contribution in [2.45, 2.75) is 38.5 Å². The minimum absolute atomic E-state index is 0.216. The molecule has 1 rings (SSSR count). The number of nitrogens with zero attached hydrogens (tertiary/aromatic N) is 2. The Bertz CT molecular complexity index is 436. The van der Waals surface area contributed by atoms with Gasteiger partial charge in [-0.25, -0.2) is 4.68 Å². The standard InChI is InChI=1S/C12H20ClN3OS/c1-4-5-6-16-12(17)11(13)10(8-15-16)14-7-9(2)18-3/h8-9,14H,4-7H2,1-3H3. The van der Waals surface area contributed by atoms with E-state index in [1.165, 1.54) is 4.68 Å². The summed E-state index contributed by atoms with van der Waals surface area (Å²) in [6.07, 6.45) is 5.64. The van der Waals surface area contributed by atoms with Gasteiger partial charge in [-0.15, -0.1) is 0 Å². The van der Waals surface area contributed by atoms with Crippen LogP contribution in [-0.4, -0.2) is 27.8 Å². The second-order valence-corrected chi connectivity index (χ2v) is 5.84. The first-order valence-corrected chi connectivity index (χ1v) is 7.79. The predicted octanol–water partition coefficient (Wildman–Crippen LogP) is 2.86. The maximum Gasteiger partial charge on any atom is 0.287 e. The third-order valence-electron chi connectivity index (χ3n) is 2.69. The Morgan fingerprint density at radius 2 is 2.33 bits per heavy atom. The van der Waals surface area contributed by atoms with Crippen molar-refractivity contribution in [3.05, 3.63) is 21.6 Å². The van der Waals surface area contributed by atoms with Gasteiger partial charge in [0.15, 0.2) is 0 Å². The fourth-order valence-corrected chi connectivity index (χ4v) is 1.86. The molecule has 1 unspecified atom stereocenters. The maximum absolute atomic E-state index is 11.9. The van der Waals surface area contributed by atoms with Crippen molar-refractivity contribution in [3.8, 4) is 0 Å². The topological polar surface area (TPSA) is 46.9 Å². The van der Waals surface area contributed by atoms with Crippen molar-refractivity contribution >= 4 is 29.1 Å². The lowest BCUT2D eigenvalue weighted by atomic mass is 10.3. The number of unbranched alkanes of at least 4 members (excludes halogenated alkanes) is 1. The summed E-state index contributed by atoms with van der Waals surface area (Å²) in [7, 11) is 0. The minimum atomic E-state index is -0.216. The minimum Gasteiger partial charge on any atom is -0.381 e. The van der Waals surface area contributed by atoms with E-state index in [1.54, 1.807) is 18.0 Å². The van der Waals surface area contributed by atoms with E-state index in [1.807, 2.05) is 0 Å². The van der Waals surface area contributed by atoms with E-state index < -0.39 is 0 Å². The molecule has 0 aliphatic rings. The molecular formula is C12H20ClN3OS. The van der Waals surface area contributed by atoms with Crippen LogP contribution in [0.15, 0.2) is 11.0 Å². The third-order valence-corrected chi connectivity index (χ3v) is 4.03. The number of hydrogen-bond donors (Lipinski definition) is 1. The van der Waals surface area contributed by atoms with Gasteiger partial charge in [-0.2, -0.15) is 16.9 Å². The SMILES string of the molecule is CCCCn1ncc(NCC(C)SC)c(Cl)c1=O. The number of hydrogen-bond acceptors (Lipinski definition) is 4. The highest BCUT2D eigenvalue weighted by Crippen LogP contribution is 2.16. The third kappa shape index (κ3) is 4.21. The van der Waals surface area contributed by atoms with E-state index in [0.29, 0.717) is 17.5 Å². The Balaban J connectivity index is 2.77. The van der Waals surface area contributed by atoms with Crippen molar-refractivity contribution in [2.75, 3.05) is 18.1 Å². The molecule has 1 N–H and O–H groups in total. The van der Waals surface area contributed by atoms with E-state index >= 15 is 0 Å². The molecule has 0 amide bonds. The Hall–Kier alpha value is -0.680. The molecular weight excluding hydrogens is 270 g/mol. The molecule has 1 aromatic rings. The molecule has 1 atom stereocenters. The van der Waals surface area contributed by atoms with Gasteiger partial charge in [0, 0.05) is 18.3 Å². The van der Waals surface area contributed by atoms with Gasteiger partial charge in [-0.05, 0) is 12.7 Å². The first kappa shape index (κ1) is 15.4. The van der Waals surface area contributed by atoms with Crippen LogP contribution in [0.3, 0.4) is 0 Å². The smallest absolute Gasteiger partial charge is 0.287 e. The van der Waals surface area contributed by atoms with E-state index in [4.69, 9.17) is 11.6 Å². The summed E-state index contributed by atoms with van der Waals surface area (Å²) in [6.45, 7) is 5.57. The van der Waals surface area contributed by atoms with E-state index in [9.17, 15) is 4.79 Å². The Labute approximate surface area is 117 Å². The number of thioether (sulfide) groups is 1. The normalized spacial score (nSPS) is 12.4. The molecule has 0 aliphatic carbocycles. The molecule has 1 aromatic heterocycles. The summed E-state index contributed by atoms with van der Waals surface area (Å²) in [5, 5.41) is 7.98. The number of halogens is 1. The fourth-order valence-electron chi connectivity index (χ4n) is 1.39. The van der Waals surface area contributed by atoms with Crippen molar-refractivity contribution in [1.82, 2.24) is 9.78 Å². The quantitative estimate of drug-likeness (QED) is 0.838. The summed E-state index contributed by atoms with van der Waals surface area (Å²) in [6, 6.07) is 0. The zero-order chi connectivity index (χ0) is 13.5.